The molecular formula is C30H33N9O. The fraction of sp³-hybridized carbons (Fsp3) is 0.400. The van der Waals surface area contributed by atoms with Gasteiger partial charge in [0, 0.05) is 87.5 Å². The van der Waals surface area contributed by atoms with Crippen molar-refractivity contribution in [1.29, 1.82) is 5.26 Å². The number of likely N-dealkylation sites (N-methyl/N-ethyl adjacent to an activating group) is 1. The largest absolute Gasteiger partial charge is 0.481 e. The normalized spacial score (nSPS) is 21.3. The molecule has 40 heavy (non-hydrogen) atoms. The number of piperazine rings is 2. The maximum absolute atomic E-state index is 9.77. The predicted molar refractivity (Wildman–Crippen MR) is 154 cm³/mol. The topological polar surface area (TPSA) is 89.1 Å². The zero-order valence-electron chi connectivity index (χ0n) is 22.9. The van der Waals surface area contributed by atoms with Gasteiger partial charge in [0.15, 0.2) is 0 Å². The molecular weight excluding hydrogens is 502 g/mol. The highest BCUT2D eigenvalue weighted by molar-refractivity contribution is 5.86. The van der Waals surface area contributed by atoms with Crippen LogP contribution in [0, 0.1) is 11.3 Å². The van der Waals surface area contributed by atoms with Crippen molar-refractivity contribution in [3.05, 3.63) is 66.2 Å². The highest BCUT2D eigenvalue weighted by Crippen LogP contribution is 2.37. The summed E-state index contributed by atoms with van der Waals surface area (Å²) in [4.78, 5) is 19.0. The van der Waals surface area contributed by atoms with Crippen molar-refractivity contribution in [2.75, 3.05) is 63.2 Å². The number of rotatable bonds is 6. The van der Waals surface area contributed by atoms with Crippen LogP contribution in [0.25, 0.3) is 16.6 Å². The average Bonchev–Trinajstić information content (AvgIpc) is 3.43. The molecule has 4 saturated heterocycles. The van der Waals surface area contributed by atoms with Crippen molar-refractivity contribution in [3.63, 3.8) is 0 Å². The zero-order valence-corrected chi connectivity index (χ0v) is 22.9. The second kappa shape index (κ2) is 10.1. The Hall–Kier alpha value is -4.20. The molecule has 0 spiro atoms. The Morgan fingerprint density at radius 2 is 1.80 bits per heavy atom. The van der Waals surface area contributed by atoms with Gasteiger partial charge in [0.2, 0.25) is 5.88 Å². The first kappa shape index (κ1) is 24.8. The second-order valence-corrected chi connectivity index (χ2v) is 11.1. The number of anilines is 2. The molecule has 4 aromatic heterocycles. The van der Waals surface area contributed by atoms with Crippen LogP contribution in [0.2, 0.25) is 0 Å². The first-order valence-corrected chi connectivity index (χ1v) is 13.9. The van der Waals surface area contributed by atoms with E-state index < -0.39 is 0 Å². The summed E-state index contributed by atoms with van der Waals surface area (Å²) >= 11 is 0. The van der Waals surface area contributed by atoms with Crippen molar-refractivity contribution in [2.45, 2.75) is 25.0 Å². The standard InChI is InChI=1S/C30H33N9O/c1-35-7-9-36(10-8-35)24-12-27(30-23(13-31)16-34-39(30)20-24)22-4-5-28(32-15-22)37-18-25-11-26(19-37)38(25)17-21-3-6-29(40-2)33-14-21/h3-6,12,14-16,20,25-26H,7-11,17-19H2,1-2H3. The monoisotopic (exact) mass is 535 g/mol. The molecule has 2 unspecified atom stereocenters. The number of hydrogen-bond acceptors (Lipinski definition) is 9. The number of methoxy groups -OCH3 is 1. The third kappa shape index (κ3) is 4.41. The molecule has 204 valence electrons. The van der Waals surface area contributed by atoms with Crippen LogP contribution in [0.5, 0.6) is 5.88 Å². The van der Waals surface area contributed by atoms with Crippen molar-refractivity contribution < 1.29 is 4.74 Å². The van der Waals surface area contributed by atoms with Crippen LogP contribution in [-0.2, 0) is 6.54 Å². The van der Waals surface area contributed by atoms with Crippen LogP contribution in [-0.4, -0.2) is 94.9 Å². The Labute approximate surface area is 234 Å². The quantitative estimate of drug-likeness (QED) is 0.370. The number of nitriles is 1. The average molecular weight is 536 g/mol. The first-order chi connectivity index (χ1) is 19.6. The van der Waals surface area contributed by atoms with Crippen LogP contribution in [0.3, 0.4) is 0 Å². The number of nitrogens with zero attached hydrogens (tertiary/aromatic N) is 9. The van der Waals surface area contributed by atoms with E-state index >= 15 is 0 Å². The summed E-state index contributed by atoms with van der Waals surface area (Å²) in [7, 11) is 3.80. The molecule has 10 heteroatoms. The van der Waals surface area contributed by atoms with Crippen LogP contribution in [0.1, 0.15) is 17.5 Å². The molecule has 10 nitrogen and oxygen atoms in total. The number of ether oxygens (including phenoxy) is 1. The third-order valence-electron chi connectivity index (χ3n) is 8.69. The van der Waals surface area contributed by atoms with Gasteiger partial charge in [-0.1, -0.05) is 6.07 Å². The van der Waals surface area contributed by atoms with Gasteiger partial charge in [-0.15, -0.1) is 0 Å². The van der Waals surface area contributed by atoms with Crippen LogP contribution < -0.4 is 14.5 Å². The molecule has 0 aromatic carbocycles. The molecule has 8 rings (SSSR count). The van der Waals surface area contributed by atoms with E-state index in [1.165, 1.54) is 12.0 Å². The van der Waals surface area contributed by atoms with E-state index in [-0.39, 0.29) is 0 Å². The zero-order chi connectivity index (χ0) is 27.2. The van der Waals surface area contributed by atoms with E-state index in [9.17, 15) is 5.26 Å². The Morgan fingerprint density at radius 1 is 0.975 bits per heavy atom. The van der Waals surface area contributed by atoms with Gasteiger partial charge in [0.05, 0.1) is 36.3 Å². The highest BCUT2D eigenvalue weighted by atomic mass is 16.5. The Balaban J connectivity index is 1.10. The summed E-state index contributed by atoms with van der Waals surface area (Å²) < 4.78 is 7.04. The number of piperidine rings is 1. The molecule has 0 amide bonds. The summed E-state index contributed by atoms with van der Waals surface area (Å²) in [6, 6.07) is 13.9. The van der Waals surface area contributed by atoms with Crippen molar-refractivity contribution in [3.8, 4) is 23.1 Å². The lowest BCUT2D eigenvalue weighted by molar-refractivity contribution is -0.00876. The lowest BCUT2D eigenvalue weighted by Gasteiger charge is -2.56. The summed E-state index contributed by atoms with van der Waals surface area (Å²) in [6.07, 6.45) is 8.79. The molecule has 4 aliphatic heterocycles. The Bertz CT molecular complexity index is 1540. The van der Waals surface area contributed by atoms with Crippen LogP contribution in [0.4, 0.5) is 11.5 Å². The van der Waals surface area contributed by atoms with Gasteiger partial charge in [0.1, 0.15) is 11.9 Å². The fourth-order valence-corrected chi connectivity index (χ4v) is 6.35. The van der Waals surface area contributed by atoms with Gasteiger partial charge in [-0.2, -0.15) is 10.4 Å². The second-order valence-electron chi connectivity index (χ2n) is 11.1. The van der Waals surface area contributed by atoms with Gasteiger partial charge < -0.3 is 19.4 Å². The van der Waals surface area contributed by atoms with Gasteiger partial charge >= 0.3 is 0 Å². The van der Waals surface area contributed by atoms with E-state index in [2.05, 4.69) is 67.1 Å². The molecule has 2 bridgehead atoms. The molecule has 4 aliphatic rings. The SMILES string of the molecule is COc1ccc(CN2C3CC2CN(c2ccc(-c4cc(N5CCN(C)CC5)cn5ncc(C#N)c45)cn2)C3)cn1. The van der Waals surface area contributed by atoms with Gasteiger partial charge in [0.25, 0.3) is 0 Å². The van der Waals surface area contributed by atoms with Gasteiger partial charge in [-0.3, -0.25) is 4.90 Å². The summed E-state index contributed by atoms with van der Waals surface area (Å²) in [5.74, 6) is 1.65. The number of aromatic nitrogens is 4. The fourth-order valence-electron chi connectivity index (χ4n) is 6.35. The minimum atomic E-state index is 0.521. The first-order valence-electron chi connectivity index (χ1n) is 13.9. The smallest absolute Gasteiger partial charge is 0.212 e. The van der Waals surface area contributed by atoms with E-state index in [1.54, 1.807) is 13.3 Å². The maximum Gasteiger partial charge on any atom is 0.212 e. The summed E-state index contributed by atoms with van der Waals surface area (Å²) in [6.45, 7) is 6.84. The maximum atomic E-state index is 9.77. The van der Waals surface area contributed by atoms with Gasteiger partial charge in [-0.25, -0.2) is 14.5 Å². The van der Waals surface area contributed by atoms with Gasteiger partial charge in [-0.05, 0) is 37.2 Å². The number of pyridine rings is 3. The Kier molecular flexibility index (Phi) is 6.25. The molecule has 4 aromatic rings. The molecule has 0 saturated carbocycles. The minimum absolute atomic E-state index is 0.521. The molecule has 2 atom stereocenters. The minimum Gasteiger partial charge on any atom is -0.481 e. The third-order valence-corrected chi connectivity index (χ3v) is 8.69. The predicted octanol–water partition coefficient (Wildman–Crippen LogP) is 2.89. The van der Waals surface area contributed by atoms with Crippen molar-refractivity contribution in [2.24, 2.45) is 0 Å². The Morgan fingerprint density at radius 3 is 2.48 bits per heavy atom. The summed E-state index contributed by atoms with van der Waals surface area (Å²) in [5, 5.41) is 14.3. The van der Waals surface area contributed by atoms with E-state index in [1.807, 2.05) is 29.2 Å². The molecule has 0 radical (unpaired) electrons. The molecule has 4 fully saturated rings. The van der Waals surface area contributed by atoms with E-state index in [0.717, 1.165) is 74.0 Å². The molecule has 0 N–H and O–H groups in total. The number of fused-ring (bicyclic) bond motifs is 3. The number of hydrogen-bond donors (Lipinski definition) is 0. The van der Waals surface area contributed by atoms with Crippen LogP contribution in [0.15, 0.2) is 55.1 Å². The summed E-state index contributed by atoms with van der Waals surface area (Å²) in [5.41, 5.74) is 5.73. The van der Waals surface area contributed by atoms with E-state index in [0.29, 0.717) is 23.5 Å². The highest BCUT2D eigenvalue weighted by Gasteiger charge is 2.44. The van der Waals surface area contributed by atoms with E-state index in [4.69, 9.17) is 9.72 Å². The van der Waals surface area contributed by atoms with Crippen molar-refractivity contribution >= 4 is 17.0 Å². The van der Waals surface area contributed by atoms with Crippen LogP contribution >= 0.6 is 0 Å². The molecule has 0 aliphatic carbocycles. The van der Waals surface area contributed by atoms with Crippen molar-refractivity contribution in [1.82, 2.24) is 29.4 Å². The lowest BCUT2D eigenvalue weighted by atomic mass is 9.87. The lowest BCUT2D eigenvalue weighted by Crippen LogP contribution is -2.68. The molecule has 8 heterocycles.